The van der Waals surface area contributed by atoms with Gasteiger partial charge in [-0.3, -0.25) is 0 Å². The van der Waals surface area contributed by atoms with Gasteiger partial charge >= 0.3 is 5.97 Å². The molecule has 0 aliphatic rings. The number of ether oxygens (including phenoxy) is 3. The summed E-state index contributed by atoms with van der Waals surface area (Å²) in [4.78, 5) is 11.8. The predicted molar refractivity (Wildman–Crippen MR) is 142 cm³/mol. The number of hydrogen-bond donors (Lipinski definition) is 2. The molecule has 2 N–H and O–H groups in total. The Hall–Kier alpha value is -4.98. The highest BCUT2D eigenvalue weighted by Crippen LogP contribution is 2.28. The van der Waals surface area contributed by atoms with E-state index in [0.717, 1.165) is 22.5 Å². The zero-order valence-electron chi connectivity index (χ0n) is 20.6. The van der Waals surface area contributed by atoms with Gasteiger partial charge in [0.05, 0.1) is 44.0 Å². The molecule has 4 rings (SSSR count). The van der Waals surface area contributed by atoms with Crippen LogP contribution in [0, 0.1) is 0 Å². The molecule has 4 aromatic rings. The second-order valence-corrected chi connectivity index (χ2v) is 7.97. The van der Waals surface area contributed by atoms with Crippen LogP contribution in [0.5, 0.6) is 23.0 Å². The van der Waals surface area contributed by atoms with Gasteiger partial charge in [-0.25, -0.2) is 9.48 Å². The lowest BCUT2D eigenvalue weighted by Crippen LogP contribution is -2.03. The third-order valence-electron chi connectivity index (χ3n) is 5.59. The lowest BCUT2D eigenvalue weighted by molar-refractivity contribution is 0.0600. The lowest BCUT2D eigenvalue weighted by atomic mass is 10.1. The van der Waals surface area contributed by atoms with Gasteiger partial charge in [0.25, 0.3) is 0 Å². The van der Waals surface area contributed by atoms with Gasteiger partial charge in [0.15, 0.2) is 23.0 Å². The number of carbonyl (C=O) groups is 1. The van der Waals surface area contributed by atoms with Gasteiger partial charge in [-0.2, -0.15) is 5.10 Å². The molecule has 0 fully saturated rings. The number of phenols is 2. The molecule has 188 valence electrons. The van der Waals surface area contributed by atoms with Crippen LogP contribution in [0.4, 0.5) is 0 Å². The fourth-order valence-electron chi connectivity index (χ4n) is 3.66. The quantitative estimate of drug-likeness (QED) is 0.312. The second-order valence-electron chi connectivity index (χ2n) is 7.97. The third-order valence-corrected chi connectivity index (χ3v) is 5.59. The standard InChI is InChI=1S/C29H26N2O6/c1-35-27-14-6-19(16-25(27)32)4-10-22-18-24(11-5-20-7-15-28(36-2)26(33)17-20)31(30-22)23-12-8-21(9-13-23)29(34)37-3/h4-18,32-33H,1-3H3/b10-4+,11-5+. The molecule has 0 unspecified atom stereocenters. The predicted octanol–water partition coefficient (Wildman–Crippen LogP) is 5.43. The molecular formula is C29H26N2O6. The minimum Gasteiger partial charge on any atom is -0.504 e. The van der Waals surface area contributed by atoms with E-state index in [1.807, 2.05) is 42.5 Å². The Balaban J connectivity index is 1.69. The maximum Gasteiger partial charge on any atom is 0.337 e. The van der Waals surface area contributed by atoms with Gasteiger partial charge in [-0.1, -0.05) is 24.3 Å². The van der Waals surface area contributed by atoms with Crippen LogP contribution >= 0.6 is 0 Å². The maximum atomic E-state index is 11.8. The van der Waals surface area contributed by atoms with Crippen LogP contribution in [-0.2, 0) is 4.74 Å². The first-order chi connectivity index (χ1) is 17.9. The molecule has 0 aliphatic heterocycles. The SMILES string of the molecule is COC(=O)c1ccc(-n2nc(/C=C/c3ccc(OC)c(O)c3)cc2/C=C/c2ccc(OC)c(O)c2)cc1. The average Bonchev–Trinajstić information content (AvgIpc) is 3.33. The molecule has 0 atom stereocenters. The number of hydrogen-bond acceptors (Lipinski definition) is 7. The fourth-order valence-corrected chi connectivity index (χ4v) is 3.66. The van der Waals surface area contributed by atoms with Crippen molar-refractivity contribution in [1.82, 2.24) is 9.78 Å². The van der Waals surface area contributed by atoms with E-state index in [-0.39, 0.29) is 11.5 Å². The van der Waals surface area contributed by atoms with Crippen molar-refractivity contribution in [1.29, 1.82) is 0 Å². The van der Waals surface area contributed by atoms with Crippen LogP contribution in [0.3, 0.4) is 0 Å². The minimum absolute atomic E-state index is 0.0444. The highest BCUT2D eigenvalue weighted by atomic mass is 16.5. The van der Waals surface area contributed by atoms with Gasteiger partial charge in [0.2, 0.25) is 0 Å². The summed E-state index contributed by atoms with van der Waals surface area (Å²) in [6.45, 7) is 0. The van der Waals surface area contributed by atoms with Crippen molar-refractivity contribution >= 4 is 30.3 Å². The Labute approximate surface area is 214 Å². The highest BCUT2D eigenvalue weighted by molar-refractivity contribution is 5.89. The third kappa shape index (κ3) is 5.82. The summed E-state index contributed by atoms with van der Waals surface area (Å²) >= 11 is 0. The van der Waals surface area contributed by atoms with Crippen LogP contribution in [0.1, 0.15) is 32.9 Å². The van der Waals surface area contributed by atoms with Gasteiger partial charge in [0.1, 0.15) is 0 Å². The highest BCUT2D eigenvalue weighted by Gasteiger charge is 2.10. The molecule has 8 nitrogen and oxygen atoms in total. The number of methoxy groups -OCH3 is 3. The largest absolute Gasteiger partial charge is 0.504 e. The van der Waals surface area contributed by atoms with E-state index in [0.29, 0.717) is 22.8 Å². The average molecular weight is 499 g/mol. The molecule has 0 amide bonds. The number of aromatic hydroxyl groups is 2. The summed E-state index contributed by atoms with van der Waals surface area (Å²) in [5.74, 6) is 0.465. The molecular weight excluding hydrogens is 472 g/mol. The van der Waals surface area contributed by atoms with E-state index in [2.05, 4.69) is 0 Å². The molecule has 0 saturated carbocycles. The van der Waals surface area contributed by atoms with Crippen molar-refractivity contribution < 1.29 is 29.2 Å². The second kappa shape index (κ2) is 11.2. The van der Waals surface area contributed by atoms with Crippen molar-refractivity contribution in [3.8, 4) is 28.7 Å². The molecule has 1 aromatic heterocycles. The Morgan fingerprint density at radius 3 is 1.84 bits per heavy atom. The van der Waals surface area contributed by atoms with Gasteiger partial charge < -0.3 is 24.4 Å². The first kappa shape index (κ1) is 25.1. The first-order valence-electron chi connectivity index (χ1n) is 11.3. The van der Waals surface area contributed by atoms with Gasteiger partial charge in [0, 0.05) is 0 Å². The number of rotatable bonds is 8. The fraction of sp³-hybridized carbons (Fsp3) is 0.103. The zero-order valence-corrected chi connectivity index (χ0v) is 20.6. The van der Waals surface area contributed by atoms with E-state index in [1.54, 1.807) is 53.2 Å². The summed E-state index contributed by atoms with van der Waals surface area (Å²) in [5.41, 5.74) is 4.16. The summed E-state index contributed by atoms with van der Waals surface area (Å²) in [7, 11) is 4.33. The van der Waals surface area contributed by atoms with Gasteiger partial charge in [-0.05, 0) is 77.9 Å². The lowest BCUT2D eigenvalue weighted by Gasteiger charge is -2.06. The Kier molecular flexibility index (Phi) is 7.59. The van der Waals surface area contributed by atoms with Crippen molar-refractivity contribution in [2.75, 3.05) is 21.3 Å². The van der Waals surface area contributed by atoms with E-state index in [1.165, 1.54) is 21.3 Å². The number of nitrogens with zero attached hydrogens (tertiary/aromatic N) is 2. The number of carbonyl (C=O) groups excluding carboxylic acids is 1. The number of esters is 1. The van der Waals surface area contributed by atoms with Crippen LogP contribution in [0.25, 0.3) is 30.0 Å². The normalized spacial score (nSPS) is 11.2. The van der Waals surface area contributed by atoms with Crippen LogP contribution < -0.4 is 9.47 Å². The molecule has 37 heavy (non-hydrogen) atoms. The molecule has 3 aromatic carbocycles. The Bertz CT molecular complexity index is 1470. The zero-order chi connectivity index (χ0) is 26.4. The van der Waals surface area contributed by atoms with Crippen LogP contribution in [0.2, 0.25) is 0 Å². The van der Waals surface area contributed by atoms with E-state index >= 15 is 0 Å². The Morgan fingerprint density at radius 1 is 0.757 bits per heavy atom. The molecule has 0 spiro atoms. The van der Waals surface area contributed by atoms with Crippen molar-refractivity contribution in [2.45, 2.75) is 0 Å². The minimum atomic E-state index is -0.419. The first-order valence-corrected chi connectivity index (χ1v) is 11.3. The van der Waals surface area contributed by atoms with E-state index in [4.69, 9.17) is 19.3 Å². The number of phenolic OH excluding ortho intramolecular Hbond substituents is 2. The van der Waals surface area contributed by atoms with Crippen molar-refractivity contribution in [2.24, 2.45) is 0 Å². The maximum absolute atomic E-state index is 11.8. The van der Waals surface area contributed by atoms with Crippen molar-refractivity contribution in [3.05, 3.63) is 94.8 Å². The topological polar surface area (TPSA) is 103 Å². The molecule has 0 bridgehead atoms. The number of benzene rings is 3. The molecule has 0 saturated heterocycles. The molecule has 0 aliphatic carbocycles. The molecule has 1 heterocycles. The Morgan fingerprint density at radius 2 is 1.32 bits per heavy atom. The smallest absolute Gasteiger partial charge is 0.337 e. The summed E-state index contributed by atoms with van der Waals surface area (Å²) < 4.78 is 16.7. The monoisotopic (exact) mass is 498 g/mol. The summed E-state index contributed by atoms with van der Waals surface area (Å²) in [6.07, 6.45) is 7.39. The van der Waals surface area contributed by atoms with E-state index in [9.17, 15) is 15.0 Å². The van der Waals surface area contributed by atoms with Crippen LogP contribution in [-0.4, -0.2) is 47.3 Å². The molecule has 8 heteroatoms. The van der Waals surface area contributed by atoms with Crippen LogP contribution in [0.15, 0.2) is 66.7 Å². The number of aromatic nitrogens is 2. The van der Waals surface area contributed by atoms with Crippen molar-refractivity contribution in [3.63, 3.8) is 0 Å². The summed E-state index contributed by atoms with van der Waals surface area (Å²) in [5, 5.41) is 24.9. The van der Waals surface area contributed by atoms with E-state index < -0.39 is 5.97 Å². The molecule has 0 radical (unpaired) electrons. The van der Waals surface area contributed by atoms with Gasteiger partial charge in [-0.15, -0.1) is 0 Å². The summed E-state index contributed by atoms with van der Waals surface area (Å²) in [6, 6.07) is 19.1.